The predicted octanol–water partition coefficient (Wildman–Crippen LogP) is -5.08. The Morgan fingerprint density at radius 1 is 1.26 bits per heavy atom. The van der Waals surface area contributed by atoms with E-state index in [2.05, 4.69) is 4.18 Å². The second kappa shape index (κ2) is 10.7. The van der Waals surface area contributed by atoms with Crippen LogP contribution in [-0.4, -0.2) is 113 Å². The number of ether oxygens (including phenoxy) is 2. The van der Waals surface area contributed by atoms with Gasteiger partial charge in [0, 0.05) is 0 Å². The van der Waals surface area contributed by atoms with Crippen molar-refractivity contribution < 1.29 is 74.7 Å². The maximum Gasteiger partial charge on any atom is 0.397 e. The molecule has 1 aliphatic heterocycles. The molecule has 0 aliphatic carbocycles. The third kappa shape index (κ3) is 8.34. The SMILES string of the molecule is O=C[C@H](NS(=O)(=O)O)[C@H](O)[C@H](O[C@@H]1OC(C(=O)O)=C[C@H](O)[C@@H]1OS(=O)(=O)O)[C@H](O)CO. The van der Waals surface area contributed by atoms with Crippen molar-refractivity contribution in [1.82, 2.24) is 4.72 Å². The molecule has 17 nitrogen and oxygen atoms in total. The summed E-state index contributed by atoms with van der Waals surface area (Å²) in [4.78, 5) is 22.2. The number of carboxylic acid groups (broad SMARTS) is 1. The number of carboxylic acids is 1. The van der Waals surface area contributed by atoms with E-state index in [1.54, 1.807) is 0 Å². The van der Waals surface area contributed by atoms with Crippen LogP contribution in [0.2, 0.25) is 0 Å². The van der Waals surface area contributed by atoms with Crippen LogP contribution >= 0.6 is 0 Å². The fourth-order valence-electron chi connectivity index (χ4n) is 2.32. The number of nitrogens with one attached hydrogen (secondary N) is 1. The zero-order valence-corrected chi connectivity index (χ0v) is 16.7. The maximum atomic E-state index is 11.1. The van der Waals surface area contributed by atoms with Crippen molar-refractivity contribution in [1.29, 1.82) is 0 Å². The van der Waals surface area contributed by atoms with Gasteiger partial charge in [-0.15, -0.1) is 0 Å². The molecule has 8 N–H and O–H groups in total. The molecule has 0 aromatic rings. The fourth-order valence-corrected chi connectivity index (χ4v) is 3.35. The van der Waals surface area contributed by atoms with Crippen LogP contribution in [0.25, 0.3) is 0 Å². The summed E-state index contributed by atoms with van der Waals surface area (Å²) >= 11 is 0. The second-order valence-electron chi connectivity index (χ2n) is 5.90. The van der Waals surface area contributed by atoms with Gasteiger partial charge in [0.05, 0.1) is 6.61 Å². The molecule has 180 valence electrons. The number of hydrogen-bond acceptors (Lipinski definition) is 13. The molecule has 0 aromatic carbocycles. The van der Waals surface area contributed by atoms with E-state index in [9.17, 15) is 41.7 Å². The van der Waals surface area contributed by atoms with E-state index >= 15 is 0 Å². The second-order valence-corrected chi connectivity index (χ2v) is 8.13. The molecule has 0 aromatic heterocycles. The van der Waals surface area contributed by atoms with Crippen molar-refractivity contribution in [3.05, 3.63) is 11.8 Å². The number of rotatable bonds is 12. The van der Waals surface area contributed by atoms with Crippen LogP contribution in [0.3, 0.4) is 0 Å². The molecule has 0 fully saturated rings. The fraction of sp³-hybridized carbons (Fsp3) is 0.667. The van der Waals surface area contributed by atoms with Gasteiger partial charge in [-0.3, -0.25) is 9.11 Å². The zero-order valence-electron chi connectivity index (χ0n) is 15.0. The molecule has 1 aliphatic rings. The molecule has 0 bridgehead atoms. The Bertz CT molecular complexity index is 884. The number of aliphatic hydroxyl groups excluding tert-OH is 4. The topological polar surface area (TPSA) is 284 Å². The van der Waals surface area contributed by atoms with Gasteiger partial charge in [0.25, 0.3) is 0 Å². The van der Waals surface area contributed by atoms with E-state index in [0.29, 0.717) is 6.08 Å². The summed E-state index contributed by atoms with van der Waals surface area (Å²) in [5.41, 5.74) is 0. The van der Waals surface area contributed by atoms with Crippen molar-refractivity contribution in [3.8, 4) is 0 Å². The first-order valence-electron chi connectivity index (χ1n) is 7.87. The van der Waals surface area contributed by atoms with E-state index in [4.69, 9.17) is 28.8 Å². The minimum Gasteiger partial charge on any atom is -0.475 e. The van der Waals surface area contributed by atoms with Crippen molar-refractivity contribution in [2.24, 2.45) is 0 Å². The summed E-state index contributed by atoms with van der Waals surface area (Å²) in [7, 11) is -10.4. The van der Waals surface area contributed by atoms with E-state index in [-0.39, 0.29) is 6.29 Å². The highest BCUT2D eigenvalue weighted by molar-refractivity contribution is 7.83. The molecule has 1 rings (SSSR count). The molecule has 0 amide bonds. The monoisotopic (exact) mass is 497 g/mol. The van der Waals surface area contributed by atoms with E-state index in [1.807, 2.05) is 0 Å². The number of hydrogen-bond donors (Lipinski definition) is 8. The summed E-state index contributed by atoms with van der Waals surface area (Å²) < 4.78 is 76.6. The van der Waals surface area contributed by atoms with E-state index in [1.165, 1.54) is 4.72 Å². The van der Waals surface area contributed by atoms with Gasteiger partial charge in [0.2, 0.25) is 12.0 Å². The Morgan fingerprint density at radius 3 is 2.26 bits per heavy atom. The standard InChI is InChI=1S/C12H19NO16S2/c14-2-4(13-30(21,22)23)8(18)9(6(17)3-15)28-12-10(29-31(24,25)26)5(16)1-7(27-12)11(19)20/h1-2,4-6,8-10,12-13,15-18H,3H2,(H,19,20)(H,21,22,23)(H,24,25,26)/t4-,5-,6+,8-,9+,10-,12-/m0/s1. The number of aliphatic hydroxyl groups is 4. The highest BCUT2D eigenvalue weighted by atomic mass is 32.3. The first kappa shape index (κ1) is 27.3. The van der Waals surface area contributed by atoms with E-state index in [0.717, 1.165) is 0 Å². The molecule has 0 unspecified atom stereocenters. The highest BCUT2D eigenvalue weighted by Gasteiger charge is 2.45. The maximum absolute atomic E-state index is 11.1. The smallest absolute Gasteiger partial charge is 0.397 e. The Morgan fingerprint density at radius 2 is 1.84 bits per heavy atom. The van der Waals surface area contributed by atoms with Crippen LogP contribution in [-0.2, 0) is 43.9 Å². The number of carbonyl (C=O) groups is 2. The van der Waals surface area contributed by atoms with Crippen molar-refractivity contribution in [2.75, 3.05) is 6.61 Å². The van der Waals surface area contributed by atoms with Gasteiger partial charge in [-0.2, -0.15) is 21.6 Å². The number of carbonyl (C=O) groups excluding carboxylic acids is 1. The molecule has 0 spiro atoms. The van der Waals surface area contributed by atoms with Crippen molar-refractivity contribution in [3.63, 3.8) is 0 Å². The summed E-state index contributed by atoms with van der Waals surface area (Å²) in [5.74, 6) is -2.82. The Kier molecular flexibility index (Phi) is 9.40. The lowest BCUT2D eigenvalue weighted by Gasteiger charge is -2.37. The molecule has 31 heavy (non-hydrogen) atoms. The van der Waals surface area contributed by atoms with Gasteiger partial charge in [-0.1, -0.05) is 0 Å². The molecule has 0 saturated carbocycles. The number of aldehydes is 1. The third-order valence-electron chi connectivity index (χ3n) is 3.61. The van der Waals surface area contributed by atoms with Gasteiger partial charge in [0.15, 0.2) is 6.10 Å². The lowest BCUT2D eigenvalue weighted by molar-refractivity contribution is -0.251. The van der Waals surface area contributed by atoms with Crippen LogP contribution in [0.15, 0.2) is 11.8 Å². The van der Waals surface area contributed by atoms with Crippen LogP contribution in [0.1, 0.15) is 0 Å². The third-order valence-corrected chi connectivity index (χ3v) is 4.64. The summed E-state index contributed by atoms with van der Waals surface area (Å²) in [6, 6.07) is -2.20. The van der Waals surface area contributed by atoms with Crippen LogP contribution in [0.5, 0.6) is 0 Å². The average molecular weight is 497 g/mol. The van der Waals surface area contributed by atoms with Crippen LogP contribution in [0.4, 0.5) is 0 Å². The first-order chi connectivity index (χ1) is 14.1. The lowest BCUT2D eigenvalue weighted by atomic mass is 10.0. The summed E-state index contributed by atoms with van der Waals surface area (Å²) in [6.45, 7) is -1.21. The summed E-state index contributed by atoms with van der Waals surface area (Å²) in [6.07, 6.45) is -13.3. The average Bonchev–Trinajstić information content (AvgIpc) is 2.63. The molecule has 19 heteroatoms. The number of aliphatic carboxylic acids is 1. The summed E-state index contributed by atoms with van der Waals surface area (Å²) in [5, 5.41) is 48.1. The Labute approximate surface area is 174 Å². The lowest BCUT2D eigenvalue weighted by Crippen LogP contribution is -2.57. The molecule has 0 radical (unpaired) electrons. The minimum atomic E-state index is -5.31. The van der Waals surface area contributed by atoms with Crippen LogP contribution in [0, 0.1) is 0 Å². The normalized spacial score (nSPS) is 26.1. The van der Waals surface area contributed by atoms with Gasteiger partial charge >= 0.3 is 26.7 Å². The first-order valence-corrected chi connectivity index (χ1v) is 10.7. The van der Waals surface area contributed by atoms with Gasteiger partial charge in [-0.25, -0.2) is 8.98 Å². The molecular formula is C12H19NO16S2. The molecule has 0 saturated heterocycles. The largest absolute Gasteiger partial charge is 0.475 e. The Hall–Kier alpha value is -1.78. The van der Waals surface area contributed by atoms with Gasteiger partial charge < -0.3 is 39.8 Å². The van der Waals surface area contributed by atoms with Gasteiger partial charge in [0.1, 0.15) is 36.7 Å². The molecular weight excluding hydrogens is 478 g/mol. The Balaban J connectivity index is 3.31. The van der Waals surface area contributed by atoms with Crippen molar-refractivity contribution >= 4 is 33.0 Å². The quantitative estimate of drug-likeness (QED) is 0.0924. The van der Waals surface area contributed by atoms with Crippen molar-refractivity contribution in [2.45, 2.75) is 42.9 Å². The predicted molar refractivity (Wildman–Crippen MR) is 91.5 cm³/mol. The van der Waals surface area contributed by atoms with Gasteiger partial charge in [-0.05, 0) is 6.08 Å². The molecule has 7 atom stereocenters. The molecule has 1 heterocycles. The minimum absolute atomic E-state index is 0.246. The van der Waals surface area contributed by atoms with E-state index < -0.39 is 81.9 Å². The highest BCUT2D eigenvalue weighted by Crippen LogP contribution is 2.26. The zero-order chi connectivity index (χ0) is 24.1. The van der Waals surface area contributed by atoms with Crippen LogP contribution < -0.4 is 4.72 Å².